The average molecular weight is 320 g/mol. The van der Waals surface area contributed by atoms with Crippen LogP contribution in [0.5, 0.6) is 17.2 Å². The molecule has 0 fully saturated rings. The van der Waals surface area contributed by atoms with Crippen molar-refractivity contribution in [2.24, 2.45) is 0 Å². The second-order valence-corrected chi connectivity index (χ2v) is 5.38. The Balaban J connectivity index is 2.35. The molecule has 0 radical (unpaired) electrons. The van der Waals surface area contributed by atoms with E-state index in [1.165, 1.54) is 33.5 Å². The van der Waals surface area contributed by atoms with Gasteiger partial charge in [-0.05, 0) is 25.0 Å². The maximum Gasteiger partial charge on any atom is 0.348 e. The maximum atomic E-state index is 12.2. The van der Waals surface area contributed by atoms with Crippen LogP contribution in [0.15, 0.2) is 12.1 Å². The lowest BCUT2D eigenvalue weighted by Crippen LogP contribution is -2.02. The number of benzene rings is 1. The molecule has 1 aliphatic rings. The molecule has 126 valence electrons. The van der Waals surface area contributed by atoms with Crippen LogP contribution in [0.2, 0.25) is 0 Å². The van der Waals surface area contributed by atoms with Crippen LogP contribution in [0, 0.1) is 0 Å². The minimum atomic E-state index is -0.419. The number of methoxy groups -OCH3 is 3. The highest BCUT2D eigenvalue weighted by atomic mass is 16.6. The Hall–Kier alpha value is -2.17. The van der Waals surface area contributed by atoms with Gasteiger partial charge in [0.25, 0.3) is 0 Å². The highest BCUT2D eigenvalue weighted by Gasteiger charge is 2.34. The number of allylic oxidation sites excluding steroid dienone is 1. The van der Waals surface area contributed by atoms with Gasteiger partial charge in [0.05, 0.1) is 21.3 Å². The number of cyclic esters (lactones) is 1. The van der Waals surface area contributed by atoms with Crippen molar-refractivity contribution < 1.29 is 23.7 Å². The summed E-state index contributed by atoms with van der Waals surface area (Å²) in [5, 5.41) is 0. The summed E-state index contributed by atoms with van der Waals surface area (Å²) in [5.41, 5.74) is 1.09. The molecule has 0 N–H and O–H groups in total. The Morgan fingerprint density at radius 2 is 1.78 bits per heavy atom. The Kier molecular flexibility index (Phi) is 5.90. The second kappa shape index (κ2) is 7.90. The predicted octanol–water partition coefficient (Wildman–Crippen LogP) is 4.19. The first kappa shape index (κ1) is 17.2. The van der Waals surface area contributed by atoms with Crippen LogP contribution < -0.4 is 14.2 Å². The molecule has 2 rings (SSSR count). The minimum Gasteiger partial charge on any atom is -0.493 e. The van der Waals surface area contributed by atoms with Crippen LogP contribution in [0.3, 0.4) is 0 Å². The number of unbranched alkanes of at least 4 members (excludes halogenated alkanes) is 4. The third-order valence-corrected chi connectivity index (χ3v) is 3.89. The number of hydrogen-bond acceptors (Lipinski definition) is 5. The summed E-state index contributed by atoms with van der Waals surface area (Å²) in [7, 11) is 4.56. The molecule has 0 aliphatic carbocycles. The summed E-state index contributed by atoms with van der Waals surface area (Å²) in [6, 6.07) is 1.76. The van der Waals surface area contributed by atoms with Gasteiger partial charge in [0.1, 0.15) is 11.3 Å². The highest BCUT2D eigenvalue weighted by Crippen LogP contribution is 2.47. The van der Waals surface area contributed by atoms with Gasteiger partial charge >= 0.3 is 5.97 Å². The van der Waals surface area contributed by atoms with E-state index in [1.54, 1.807) is 13.2 Å². The molecule has 0 bridgehead atoms. The van der Waals surface area contributed by atoms with E-state index in [4.69, 9.17) is 18.9 Å². The SMILES string of the molecule is CCCCCC/C=C1\OC(=O)c2c1cc(OC)c(OC)c2OC. The molecule has 0 atom stereocenters. The van der Waals surface area contributed by atoms with Crippen molar-refractivity contribution in [1.29, 1.82) is 0 Å². The van der Waals surface area contributed by atoms with Crippen LogP contribution in [0.1, 0.15) is 54.9 Å². The third kappa shape index (κ3) is 3.44. The molecule has 0 saturated carbocycles. The van der Waals surface area contributed by atoms with Crippen molar-refractivity contribution in [1.82, 2.24) is 0 Å². The van der Waals surface area contributed by atoms with Crippen LogP contribution >= 0.6 is 0 Å². The lowest BCUT2D eigenvalue weighted by atomic mass is 10.0. The molecule has 0 spiro atoms. The fraction of sp³-hybridized carbons (Fsp3) is 0.500. The Labute approximate surface area is 137 Å². The molecule has 0 unspecified atom stereocenters. The lowest BCUT2D eigenvalue weighted by molar-refractivity contribution is 0.0712. The van der Waals surface area contributed by atoms with Crippen molar-refractivity contribution in [3.05, 3.63) is 23.3 Å². The van der Waals surface area contributed by atoms with Crippen LogP contribution in [0.4, 0.5) is 0 Å². The van der Waals surface area contributed by atoms with E-state index in [2.05, 4.69) is 6.92 Å². The zero-order valence-electron chi connectivity index (χ0n) is 14.2. The molecule has 5 nitrogen and oxygen atoms in total. The number of carbonyl (C=O) groups excluding carboxylic acids is 1. The van der Waals surface area contributed by atoms with E-state index < -0.39 is 5.97 Å². The van der Waals surface area contributed by atoms with Gasteiger partial charge in [-0.15, -0.1) is 0 Å². The Morgan fingerprint density at radius 1 is 1.04 bits per heavy atom. The van der Waals surface area contributed by atoms with Crippen LogP contribution in [-0.4, -0.2) is 27.3 Å². The number of ether oxygens (including phenoxy) is 4. The quantitative estimate of drug-likeness (QED) is 0.531. The molecular weight excluding hydrogens is 296 g/mol. The molecule has 5 heteroatoms. The van der Waals surface area contributed by atoms with Crippen molar-refractivity contribution in [3.63, 3.8) is 0 Å². The maximum absolute atomic E-state index is 12.2. The van der Waals surface area contributed by atoms with Crippen LogP contribution in [0.25, 0.3) is 5.76 Å². The number of esters is 1. The van der Waals surface area contributed by atoms with E-state index in [0.717, 1.165) is 12.8 Å². The van der Waals surface area contributed by atoms with Crippen LogP contribution in [-0.2, 0) is 4.74 Å². The summed E-state index contributed by atoms with van der Waals surface area (Å²) in [6.07, 6.45) is 7.51. The van der Waals surface area contributed by atoms with Gasteiger partial charge in [0.15, 0.2) is 11.5 Å². The van der Waals surface area contributed by atoms with Crippen molar-refractivity contribution in [2.45, 2.75) is 39.0 Å². The van der Waals surface area contributed by atoms with Gasteiger partial charge in [0, 0.05) is 5.56 Å². The summed E-state index contributed by atoms with van der Waals surface area (Å²) >= 11 is 0. The number of hydrogen-bond donors (Lipinski definition) is 0. The standard InChI is InChI=1S/C18H24O5/c1-5-6-7-8-9-10-13-12-11-14(20-2)16(21-3)17(22-4)15(12)18(19)23-13/h10-11H,5-9H2,1-4H3/b13-10-. The van der Waals surface area contributed by atoms with Gasteiger partial charge < -0.3 is 18.9 Å². The molecule has 1 aromatic rings. The first-order valence-corrected chi connectivity index (χ1v) is 7.93. The molecule has 1 aromatic carbocycles. The number of rotatable bonds is 8. The summed E-state index contributed by atoms with van der Waals surface area (Å²) < 4.78 is 21.4. The zero-order chi connectivity index (χ0) is 16.8. The topological polar surface area (TPSA) is 54.0 Å². The molecule has 1 aliphatic heterocycles. The third-order valence-electron chi connectivity index (χ3n) is 3.89. The monoisotopic (exact) mass is 320 g/mol. The normalized spacial score (nSPS) is 14.6. The first-order valence-electron chi connectivity index (χ1n) is 7.93. The first-order chi connectivity index (χ1) is 11.2. The van der Waals surface area contributed by atoms with Gasteiger partial charge in [-0.3, -0.25) is 0 Å². The van der Waals surface area contributed by atoms with Crippen molar-refractivity contribution in [2.75, 3.05) is 21.3 Å². The van der Waals surface area contributed by atoms with E-state index in [1.807, 2.05) is 6.08 Å². The largest absolute Gasteiger partial charge is 0.493 e. The summed E-state index contributed by atoms with van der Waals surface area (Å²) in [4.78, 5) is 12.2. The van der Waals surface area contributed by atoms with Crippen molar-refractivity contribution in [3.8, 4) is 17.2 Å². The van der Waals surface area contributed by atoms with Gasteiger partial charge in [-0.1, -0.05) is 26.2 Å². The molecule has 1 heterocycles. The fourth-order valence-electron chi connectivity index (χ4n) is 2.71. The number of carbonyl (C=O) groups is 1. The molecule has 0 aromatic heterocycles. The fourth-order valence-corrected chi connectivity index (χ4v) is 2.71. The van der Waals surface area contributed by atoms with E-state index in [-0.39, 0.29) is 0 Å². The summed E-state index contributed by atoms with van der Waals surface area (Å²) in [5.74, 6) is 1.41. The number of fused-ring (bicyclic) bond motifs is 1. The molecule has 0 saturated heterocycles. The smallest absolute Gasteiger partial charge is 0.348 e. The van der Waals surface area contributed by atoms with E-state index in [9.17, 15) is 4.79 Å². The minimum absolute atomic E-state index is 0.348. The lowest BCUT2D eigenvalue weighted by Gasteiger charge is -2.14. The van der Waals surface area contributed by atoms with E-state index >= 15 is 0 Å². The van der Waals surface area contributed by atoms with Crippen molar-refractivity contribution >= 4 is 11.7 Å². The molecular formula is C18H24O5. The second-order valence-electron chi connectivity index (χ2n) is 5.38. The summed E-state index contributed by atoms with van der Waals surface area (Å²) in [6.45, 7) is 2.18. The highest BCUT2D eigenvalue weighted by molar-refractivity contribution is 6.06. The molecule has 0 amide bonds. The average Bonchev–Trinajstić information content (AvgIpc) is 2.88. The predicted molar refractivity (Wildman–Crippen MR) is 88.2 cm³/mol. The van der Waals surface area contributed by atoms with E-state index in [0.29, 0.717) is 34.1 Å². The Morgan fingerprint density at radius 3 is 2.39 bits per heavy atom. The Bertz CT molecular complexity index is 604. The zero-order valence-corrected chi connectivity index (χ0v) is 14.2. The van der Waals surface area contributed by atoms with Gasteiger partial charge in [-0.25, -0.2) is 4.79 Å². The molecule has 23 heavy (non-hydrogen) atoms. The van der Waals surface area contributed by atoms with Gasteiger partial charge in [-0.2, -0.15) is 0 Å². The van der Waals surface area contributed by atoms with Gasteiger partial charge in [0.2, 0.25) is 5.75 Å².